The van der Waals surface area contributed by atoms with Gasteiger partial charge in [-0.05, 0) is 24.2 Å². The van der Waals surface area contributed by atoms with Crippen molar-refractivity contribution in [3.8, 4) is 0 Å². The van der Waals surface area contributed by atoms with Gasteiger partial charge in [-0.2, -0.15) is 0 Å². The molecule has 0 bridgehead atoms. The molecule has 19 heavy (non-hydrogen) atoms. The van der Waals surface area contributed by atoms with Crippen LogP contribution < -0.4 is 5.32 Å². The number of Topliss-reactive ketones (excluding diaryl/α,β-unsaturated/α-hetero) is 1. The number of hydrogen-bond acceptors (Lipinski definition) is 2. The van der Waals surface area contributed by atoms with Gasteiger partial charge in [-0.3, -0.25) is 4.79 Å². The average Bonchev–Trinajstić information content (AvgIpc) is 2.21. The van der Waals surface area contributed by atoms with Gasteiger partial charge < -0.3 is 5.32 Å². The summed E-state index contributed by atoms with van der Waals surface area (Å²) in [6, 6.07) is 0.838. The van der Waals surface area contributed by atoms with Crippen LogP contribution >= 0.6 is 0 Å². The summed E-state index contributed by atoms with van der Waals surface area (Å²) >= 11 is 0. The number of rotatable bonds is 9. The smallest absolute Gasteiger partial charge is 0.134 e. The largest absolute Gasteiger partial charge is 0.311 e. The Balaban J connectivity index is 2.70. The Hall–Kier alpha value is -0.370. The highest BCUT2D eigenvalue weighted by Crippen LogP contribution is 2.40. The van der Waals surface area contributed by atoms with Crippen molar-refractivity contribution < 1.29 is 4.79 Å². The van der Waals surface area contributed by atoms with Gasteiger partial charge in [-0.25, -0.2) is 0 Å². The first-order chi connectivity index (χ1) is 8.95. The summed E-state index contributed by atoms with van der Waals surface area (Å²) in [6.07, 6.45) is 6.55. The summed E-state index contributed by atoms with van der Waals surface area (Å²) in [5, 5.41) is 3.68. The lowest BCUT2D eigenvalue weighted by atomic mass is 9.67. The van der Waals surface area contributed by atoms with E-state index in [1.54, 1.807) is 0 Å². The first-order valence-electron chi connectivity index (χ1n) is 8.23. The standard InChI is InChI=1S/C17H33NO/c1-6-8-15(19)11-16(18-13(4)5)17(12(2)3)14-9-7-10-14/h12-14,16-18H,6-11H2,1-5H3/t16-,17?/m0/s1. The second-order valence-electron chi connectivity index (χ2n) is 6.93. The SMILES string of the molecule is CCCC(=O)C[C@H](NC(C)C)C(C(C)C)C1CCC1. The van der Waals surface area contributed by atoms with Crippen molar-refractivity contribution >= 4 is 5.78 Å². The van der Waals surface area contributed by atoms with E-state index in [0.29, 0.717) is 29.7 Å². The highest BCUT2D eigenvalue weighted by atomic mass is 16.1. The first-order valence-corrected chi connectivity index (χ1v) is 8.23. The van der Waals surface area contributed by atoms with Crippen molar-refractivity contribution in [1.29, 1.82) is 0 Å². The molecule has 2 atom stereocenters. The van der Waals surface area contributed by atoms with Crippen LogP contribution in [0.25, 0.3) is 0 Å². The Morgan fingerprint density at radius 2 is 1.84 bits per heavy atom. The summed E-state index contributed by atoms with van der Waals surface area (Å²) < 4.78 is 0. The highest BCUT2D eigenvalue weighted by molar-refractivity contribution is 5.79. The van der Waals surface area contributed by atoms with Crippen molar-refractivity contribution in [2.45, 2.75) is 85.2 Å². The number of carbonyl (C=O) groups is 1. The molecule has 0 radical (unpaired) electrons. The predicted molar refractivity (Wildman–Crippen MR) is 82.3 cm³/mol. The molecule has 1 fully saturated rings. The van der Waals surface area contributed by atoms with Crippen LogP contribution in [0.3, 0.4) is 0 Å². The maximum atomic E-state index is 12.1. The second-order valence-corrected chi connectivity index (χ2v) is 6.93. The van der Waals surface area contributed by atoms with Gasteiger partial charge in [0.2, 0.25) is 0 Å². The van der Waals surface area contributed by atoms with Crippen molar-refractivity contribution in [1.82, 2.24) is 5.32 Å². The third kappa shape index (κ3) is 5.25. The van der Waals surface area contributed by atoms with Gasteiger partial charge in [0.1, 0.15) is 5.78 Å². The first kappa shape index (κ1) is 16.7. The molecule has 1 N–H and O–H groups in total. The molecule has 2 heteroatoms. The van der Waals surface area contributed by atoms with Crippen molar-refractivity contribution in [2.75, 3.05) is 0 Å². The molecule has 0 heterocycles. The van der Waals surface area contributed by atoms with Crippen LogP contribution in [-0.2, 0) is 4.79 Å². The van der Waals surface area contributed by atoms with Crippen LogP contribution in [0.5, 0.6) is 0 Å². The second kappa shape index (κ2) is 8.04. The molecule has 0 amide bonds. The molecule has 1 aliphatic rings. The zero-order chi connectivity index (χ0) is 14.4. The molecule has 0 aromatic carbocycles. The van der Waals surface area contributed by atoms with Crippen molar-refractivity contribution in [3.05, 3.63) is 0 Å². The van der Waals surface area contributed by atoms with Gasteiger partial charge in [-0.1, -0.05) is 53.9 Å². The number of nitrogens with one attached hydrogen (secondary N) is 1. The van der Waals surface area contributed by atoms with Crippen molar-refractivity contribution in [2.24, 2.45) is 17.8 Å². The topological polar surface area (TPSA) is 29.1 Å². The summed E-state index contributed by atoms with van der Waals surface area (Å²) in [6.45, 7) is 11.1. The molecule has 1 unspecified atom stereocenters. The van der Waals surface area contributed by atoms with E-state index in [0.717, 1.165) is 25.2 Å². The molecule has 1 aliphatic carbocycles. The van der Waals surface area contributed by atoms with Crippen LogP contribution in [0, 0.1) is 17.8 Å². The normalized spacial score (nSPS) is 19.5. The minimum Gasteiger partial charge on any atom is -0.311 e. The Morgan fingerprint density at radius 1 is 1.21 bits per heavy atom. The van der Waals surface area contributed by atoms with Crippen LogP contribution in [-0.4, -0.2) is 17.9 Å². The lowest BCUT2D eigenvalue weighted by Gasteiger charge is -2.42. The number of ketones is 1. The lowest BCUT2D eigenvalue weighted by molar-refractivity contribution is -0.120. The van der Waals surface area contributed by atoms with E-state index < -0.39 is 0 Å². The fourth-order valence-corrected chi connectivity index (χ4v) is 3.52. The van der Waals surface area contributed by atoms with Gasteiger partial charge in [0.25, 0.3) is 0 Å². The quantitative estimate of drug-likeness (QED) is 0.679. The van der Waals surface area contributed by atoms with E-state index in [1.807, 2.05) is 0 Å². The summed E-state index contributed by atoms with van der Waals surface area (Å²) in [5.74, 6) is 2.60. The van der Waals surface area contributed by atoms with Crippen LogP contribution in [0.4, 0.5) is 0 Å². The molecule has 0 aromatic heterocycles. The Morgan fingerprint density at radius 3 is 2.21 bits per heavy atom. The van der Waals surface area contributed by atoms with Gasteiger partial charge in [-0.15, -0.1) is 0 Å². The number of carbonyl (C=O) groups excluding carboxylic acids is 1. The van der Waals surface area contributed by atoms with E-state index in [9.17, 15) is 4.79 Å². The molecule has 0 aliphatic heterocycles. The third-order valence-corrected chi connectivity index (χ3v) is 4.45. The zero-order valence-electron chi connectivity index (χ0n) is 13.5. The minimum atomic E-state index is 0.379. The summed E-state index contributed by atoms with van der Waals surface area (Å²) in [5.41, 5.74) is 0. The fraction of sp³-hybridized carbons (Fsp3) is 0.941. The summed E-state index contributed by atoms with van der Waals surface area (Å²) in [4.78, 5) is 12.1. The fourth-order valence-electron chi connectivity index (χ4n) is 3.52. The molecule has 0 saturated heterocycles. The monoisotopic (exact) mass is 267 g/mol. The maximum absolute atomic E-state index is 12.1. The van der Waals surface area contributed by atoms with Crippen LogP contribution in [0.2, 0.25) is 0 Å². The molecule has 0 aromatic rings. The van der Waals surface area contributed by atoms with Crippen LogP contribution in [0.15, 0.2) is 0 Å². The molecule has 2 nitrogen and oxygen atoms in total. The number of hydrogen-bond donors (Lipinski definition) is 1. The van der Waals surface area contributed by atoms with E-state index in [2.05, 4.69) is 39.9 Å². The van der Waals surface area contributed by atoms with Gasteiger partial charge in [0, 0.05) is 24.9 Å². The Kier molecular flexibility index (Phi) is 7.06. The van der Waals surface area contributed by atoms with Gasteiger partial charge >= 0.3 is 0 Å². The van der Waals surface area contributed by atoms with Crippen molar-refractivity contribution in [3.63, 3.8) is 0 Å². The minimum absolute atomic E-state index is 0.379. The molecule has 1 rings (SSSR count). The molecule has 0 spiro atoms. The highest BCUT2D eigenvalue weighted by Gasteiger charge is 2.36. The van der Waals surface area contributed by atoms with E-state index in [-0.39, 0.29) is 0 Å². The van der Waals surface area contributed by atoms with E-state index in [1.165, 1.54) is 19.3 Å². The Labute approximate surface area is 119 Å². The average molecular weight is 267 g/mol. The van der Waals surface area contributed by atoms with Gasteiger partial charge in [0.15, 0.2) is 0 Å². The maximum Gasteiger partial charge on any atom is 0.134 e. The molecule has 112 valence electrons. The van der Waals surface area contributed by atoms with E-state index >= 15 is 0 Å². The molecular formula is C17H33NO. The molecular weight excluding hydrogens is 234 g/mol. The van der Waals surface area contributed by atoms with Crippen LogP contribution in [0.1, 0.15) is 73.1 Å². The lowest BCUT2D eigenvalue weighted by Crippen LogP contribution is -2.47. The van der Waals surface area contributed by atoms with E-state index in [4.69, 9.17) is 0 Å². The zero-order valence-corrected chi connectivity index (χ0v) is 13.5. The predicted octanol–water partition coefficient (Wildman–Crippen LogP) is 4.18. The Bertz CT molecular complexity index is 268. The van der Waals surface area contributed by atoms with Gasteiger partial charge in [0.05, 0.1) is 0 Å². The summed E-state index contributed by atoms with van der Waals surface area (Å²) in [7, 11) is 0. The molecule has 1 saturated carbocycles. The third-order valence-electron chi connectivity index (χ3n) is 4.45.